The van der Waals surface area contributed by atoms with Crippen LogP contribution in [0.15, 0.2) is 60.7 Å². The van der Waals surface area contributed by atoms with E-state index in [0.29, 0.717) is 19.7 Å². The van der Waals surface area contributed by atoms with Crippen LogP contribution in [0.5, 0.6) is 0 Å². The zero-order valence-electron chi connectivity index (χ0n) is 19.7. The van der Waals surface area contributed by atoms with Gasteiger partial charge < -0.3 is 14.3 Å². The summed E-state index contributed by atoms with van der Waals surface area (Å²) in [5.74, 6) is 0. The molecule has 0 aliphatic carbocycles. The molecule has 2 heterocycles. The largest absolute Gasteiger partial charge is 0.444 e. The Labute approximate surface area is 196 Å². The van der Waals surface area contributed by atoms with Gasteiger partial charge in [-0.15, -0.1) is 0 Å². The van der Waals surface area contributed by atoms with E-state index in [1.165, 1.54) is 5.56 Å². The van der Waals surface area contributed by atoms with Gasteiger partial charge >= 0.3 is 6.09 Å². The first-order valence-corrected chi connectivity index (χ1v) is 11.8. The minimum absolute atomic E-state index is 0.0752. The molecule has 2 saturated heterocycles. The highest BCUT2D eigenvalue weighted by Crippen LogP contribution is 2.38. The summed E-state index contributed by atoms with van der Waals surface area (Å²) in [6.45, 7) is 7.39. The molecule has 2 aromatic rings. The number of carbonyl (C=O) groups is 2. The van der Waals surface area contributed by atoms with Crippen molar-refractivity contribution in [1.82, 2.24) is 9.80 Å². The fraction of sp³-hybridized carbons (Fsp3) is 0.481. The van der Waals surface area contributed by atoms with Gasteiger partial charge in [0.05, 0.1) is 18.7 Å². The van der Waals surface area contributed by atoms with Crippen molar-refractivity contribution in [3.05, 3.63) is 71.8 Å². The van der Waals surface area contributed by atoms with Crippen LogP contribution in [-0.4, -0.2) is 58.6 Å². The molecule has 0 unspecified atom stereocenters. The van der Waals surface area contributed by atoms with Gasteiger partial charge in [-0.2, -0.15) is 0 Å². The van der Waals surface area contributed by atoms with E-state index in [-0.39, 0.29) is 24.2 Å². The third-order valence-electron chi connectivity index (χ3n) is 6.40. The number of likely N-dealkylation sites (tertiary alicyclic amines) is 1. The number of rotatable bonds is 7. The Hall–Kier alpha value is -2.70. The first-order valence-electron chi connectivity index (χ1n) is 11.8. The summed E-state index contributed by atoms with van der Waals surface area (Å²) < 4.78 is 11.9. The molecular weight excluding hydrogens is 416 g/mol. The Kier molecular flexibility index (Phi) is 7.15. The van der Waals surface area contributed by atoms with Crippen molar-refractivity contribution in [2.24, 2.45) is 0 Å². The Balaban J connectivity index is 1.59. The summed E-state index contributed by atoms with van der Waals surface area (Å²) in [5.41, 5.74) is 1.63. The maximum Gasteiger partial charge on any atom is 0.410 e. The Bertz CT molecular complexity index is 928. The van der Waals surface area contributed by atoms with Crippen molar-refractivity contribution in [1.29, 1.82) is 0 Å². The van der Waals surface area contributed by atoms with E-state index in [9.17, 15) is 9.59 Å². The first kappa shape index (κ1) is 23.5. The van der Waals surface area contributed by atoms with E-state index in [1.807, 2.05) is 74.2 Å². The van der Waals surface area contributed by atoms with E-state index in [0.717, 1.165) is 24.7 Å². The molecule has 1 amide bonds. The topological polar surface area (TPSA) is 59.1 Å². The zero-order valence-corrected chi connectivity index (χ0v) is 19.7. The number of hydrogen-bond acceptors (Lipinski definition) is 5. The Morgan fingerprint density at radius 3 is 2.27 bits per heavy atom. The lowest BCUT2D eigenvalue weighted by atomic mass is 9.96. The highest BCUT2D eigenvalue weighted by Gasteiger charge is 2.52. The summed E-state index contributed by atoms with van der Waals surface area (Å²) in [5, 5.41) is 0. The third-order valence-corrected chi connectivity index (χ3v) is 6.40. The number of nitrogens with zero attached hydrogens (tertiary/aromatic N) is 2. The van der Waals surface area contributed by atoms with Crippen molar-refractivity contribution >= 4 is 12.4 Å². The van der Waals surface area contributed by atoms with Crippen molar-refractivity contribution in [2.45, 2.75) is 76.6 Å². The molecule has 2 aromatic carbocycles. The molecule has 0 spiro atoms. The van der Waals surface area contributed by atoms with Crippen molar-refractivity contribution in [3.63, 3.8) is 0 Å². The lowest BCUT2D eigenvalue weighted by Gasteiger charge is -2.48. The molecule has 33 heavy (non-hydrogen) atoms. The quantitative estimate of drug-likeness (QED) is 0.585. The van der Waals surface area contributed by atoms with Gasteiger partial charge in [0, 0.05) is 19.1 Å². The molecule has 2 fully saturated rings. The number of benzene rings is 2. The lowest BCUT2D eigenvalue weighted by Crippen LogP contribution is -2.65. The summed E-state index contributed by atoms with van der Waals surface area (Å²) in [4.78, 5) is 29.6. The normalized spacial score (nSPS) is 23.8. The number of aldehydes is 1. The first-order chi connectivity index (χ1) is 15.9. The van der Waals surface area contributed by atoms with Crippen LogP contribution in [0, 0.1) is 0 Å². The molecule has 4 atom stereocenters. The summed E-state index contributed by atoms with van der Waals surface area (Å²) in [7, 11) is 0. The number of ether oxygens (including phenoxy) is 2. The number of amides is 1. The van der Waals surface area contributed by atoms with Crippen LogP contribution < -0.4 is 0 Å². The van der Waals surface area contributed by atoms with Crippen LogP contribution in [0.1, 0.15) is 44.7 Å². The van der Waals surface area contributed by atoms with E-state index in [1.54, 1.807) is 0 Å². The summed E-state index contributed by atoms with van der Waals surface area (Å²) in [6, 6.07) is 19.8. The SMILES string of the molecule is CC(C)(C)OC(=O)N1[C@@H]2CC[C@H]1[C@@H]([C@H](C=O)OCc1ccccc1)N(Cc1ccccc1)C2. The Morgan fingerprint density at radius 1 is 1.03 bits per heavy atom. The number of carbonyl (C=O) groups excluding carboxylic acids is 2. The number of hydrogen-bond donors (Lipinski definition) is 0. The standard InChI is InChI=1S/C27H34N2O4/c1-27(2,3)33-26(31)29-22-14-15-23(29)25(28(17-22)16-20-10-6-4-7-11-20)24(18-30)32-19-21-12-8-5-9-13-21/h4-13,18,22-25H,14-17,19H2,1-3H3/t22-,23+,24+,25+/m1/s1. The van der Waals surface area contributed by atoms with Crippen LogP contribution in [0.3, 0.4) is 0 Å². The molecule has 0 N–H and O–H groups in total. The van der Waals surface area contributed by atoms with Crippen LogP contribution in [0.2, 0.25) is 0 Å². The van der Waals surface area contributed by atoms with E-state index >= 15 is 0 Å². The molecule has 176 valence electrons. The highest BCUT2D eigenvalue weighted by atomic mass is 16.6. The van der Waals surface area contributed by atoms with Gasteiger partial charge in [-0.05, 0) is 44.7 Å². The van der Waals surface area contributed by atoms with E-state index in [4.69, 9.17) is 9.47 Å². The summed E-state index contributed by atoms with van der Waals surface area (Å²) in [6.07, 6.45) is 1.68. The maximum atomic E-state index is 13.1. The molecule has 0 radical (unpaired) electrons. The second kappa shape index (κ2) is 10.1. The van der Waals surface area contributed by atoms with Crippen molar-refractivity contribution in [3.8, 4) is 0 Å². The van der Waals surface area contributed by atoms with Crippen molar-refractivity contribution < 1.29 is 19.1 Å². The fourth-order valence-electron chi connectivity index (χ4n) is 5.06. The van der Waals surface area contributed by atoms with E-state index in [2.05, 4.69) is 17.0 Å². The Morgan fingerprint density at radius 2 is 1.67 bits per heavy atom. The van der Waals surface area contributed by atoms with Gasteiger partial charge in [-0.3, -0.25) is 9.80 Å². The van der Waals surface area contributed by atoms with Gasteiger partial charge in [0.2, 0.25) is 0 Å². The minimum atomic E-state index is -0.650. The van der Waals surface area contributed by atoms with Gasteiger partial charge in [0.1, 0.15) is 18.0 Å². The molecule has 6 nitrogen and oxygen atoms in total. The van der Waals surface area contributed by atoms with Crippen molar-refractivity contribution in [2.75, 3.05) is 6.54 Å². The molecule has 2 aliphatic heterocycles. The maximum absolute atomic E-state index is 13.1. The monoisotopic (exact) mass is 450 g/mol. The highest BCUT2D eigenvalue weighted by molar-refractivity contribution is 5.70. The average Bonchev–Trinajstić information content (AvgIpc) is 3.11. The van der Waals surface area contributed by atoms with Crippen LogP contribution in [0.4, 0.5) is 4.79 Å². The van der Waals surface area contributed by atoms with E-state index < -0.39 is 11.7 Å². The molecular formula is C27H34N2O4. The molecule has 6 heteroatoms. The smallest absolute Gasteiger partial charge is 0.410 e. The van der Waals surface area contributed by atoms with Gasteiger partial charge in [0.15, 0.2) is 0 Å². The fourth-order valence-corrected chi connectivity index (χ4v) is 5.06. The van der Waals surface area contributed by atoms with Gasteiger partial charge in [-0.25, -0.2) is 4.79 Å². The zero-order chi connectivity index (χ0) is 23.4. The number of piperazine rings is 1. The van der Waals surface area contributed by atoms with Crippen LogP contribution in [0.25, 0.3) is 0 Å². The molecule has 2 bridgehead atoms. The molecule has 4 rings (SSSR count). The lowest BCUT2D eigenvalue weighted by molar-refractivity contribution is -0.131. The second-order valence-corrected chi connectivity index (χ2v) is 9.99. The molecule has 0 aromatic heterocycles. The molecule has 2 aliphatic rings. The van der Waals surface area contributed by atoms with Gasteiger partial charge in [-0.1, -0.05) is 60.7 Å². The number of fused-ring (bicyclic) bond motifs is 2. The van der Waals surface area contributed by atoms with Gasteiger partial charge in [0.25, 0.3) is 0 Å². The van der Waals surface area contributed by atoms with Crippen LogP contribution in [-0.2, 0) is 27.4 Å². The molecule has 0 saturated carbocycles. The van der Waals surface area contributed by atoms with Crippen LogP contribution >= 0.6 is 0 Å². The predicted octanol–water partition coefficient (Wildman–Crippen LogP) is 4.42. The minimum Gasteiger partial charge on any atom is -0.444 e. The summed E-state index contributed by atoms with van der Waals surface area (Å²) >= 11 is 0. The average molecular weight is 451 g/mol. The predicted molar refractivity (Wildman–Crippen MR) is 127 cm³/mol. The second-order valence-electron chi connectivity index (χ2n) is 9.99. The third kappa shape index (κ3) is 5.63.